The fraction of sp³-hybridized carbons (Fsp3) is 0.0476. The highest BCUT2D eigenvalue weighted by molar-refractivity contribution is 6.19. The van der Waals surface area contributed by atoms with Crippen LogP contribution in [0.15, 0.2) is 146 Å². The Morgan fingerprint density at radius 3 is 1.86 bits per heavy atom. The number of pyridine rings is 3. The highest BCUT2D eigenvalue weighted by Crippen LogP contribution is 2.38. The molecule has 7 heteroatoms. The van der Waals surface area contributed by atoms with Crippen LogP contribution in [0.2, 0.25) is 0 Å². The zero-order chi connectivity index (χ0) is 32.7. The number of aromatic nitrogens is 7. The van der Waals surface area contributed by atoms with Gasteiger partial charge in [0.2, 0.25) is 0 Å². The first-order valence-corrected chi connectivity index (χ1v) is 16.4. The lowest BCUT2D eigenvalue weighted by Crippen LogP contribution is -1.99. The molecule has 5 aromatic heterocycles. The van der Waals surface area contributed by atoms with Crippen LogP contribution in [0.3, 0.4) is 0 Å². The molecular weight excluding hydrogens is 603 g/mol. The van der Waals surface area contributed by atoms with Gasteiger partial charge < -0.3 is 0 Å². The van der Waals surface area contributed by atoms with Gasteiger partial charge >= 0.3 is 0 Å². The summed E-state index contributed by atoms with van der Waals surface area (Å²) in [5.74, 6) is 1.61. The highest BCUT2D eigenvalue weighted by atomic mass is 15.1. The molecule has 0 aliphatic carbocycles. The summed E-state index contributed by atoms with van der Waals surface area (Å²) in [6, 6.07) is 45.1. The number of rotatable bonds is 6. The van der Waals surface area contributed by atoms with E-state index in [0.29, 0.717) is 5.82 Å². The molecule has 4 aromatic carbocycles. The molecule has 0 amide bonds. The highest BCUT2D eigenvalue weighted by Gasteiger charge is 2.20. The van der Waals surface area contributed by atoms with Crippen molar-refractivity contribution in [2.24, 2.45) is 0 Å². The second-order valence-corrected chi connectivity index (χ2v) is 11.9. The summed E-state index contributed by atoms with van der Waals surface area (Å²) >= 11 is 0. The van der Waals surface area contributed by atoms with Gasteiger partial charge in [-0.3, -0.25) is 14.5 Å². The average Bonchev–Trinajstić information content (AvgIpc) is 3.57. The van der Waals surface area contributed by atoms with Gasteiger partial charge in [-0.2, -0.15) is 0 Å². The van der Waals surface area contributed by atoms with Gasteiger partial charge in [-0.25, -0.2) is 19.9 Å². The third kappa shape index (κ3) is 5.00. The van der Waals surface area contributed by atoms with Crippen LogP contribution < -0.4 is 0 Å². The first-order chi connectivity index (χ1) is 24.2. The number of benzene rings is 4. The van der Waals surface area contributed by atoms with Crippen molar-refractivity contribution in [3.8, 4) is 51.1 Å². The van der Waals surface area contributed by atoms with Gasteiger partial charge in [-0.05, 0) is 60.0 Å². The molecule has 0 unspecified atom stereocenters. The molecule has 7 nitrogen and oxygen atoms in total. The lowest BCUT2D eigenvalue weighted by atomic mass is 9.98. The maximum atomic E-state index is 5.27. The number of hydrogen-bond donors (Lipinski definition) is 0. The summed E-state index contributed by atoms with van der Waals surface area (Å²) in [5.41, 5.74) is 9.84. The van der Waals surface area contributed by atoms with Gasteiger partial charge in [0.05, 0.1) is 45.0 Å². The summed E-state index contributed by atoms with van der Waals surface area (Å²) in [6.45, 7) is 2.15. The molecule has 0 bridgehead atoms. The summed E-state index contributed by atoms with van der Waals surface area (Å²) in [5, 5.41) is 3.27. The van der Waals surface area contributed by atoms with Crippen LogP contribution in [-0.2, 0) is 6.42 Å². The predicted molar refractivity (Wildman–Crippen MR) is 196 cm³/mol. The standard InChI is InChI=1S/C42H29N7/c1-2-38-48-41-37(49(38)29-12-4-3-5-13-29)23-22-31-30-14-6-7-15-32(30)45-40(39(31)41)27-18-20-28(21-19-27)42-46-35(33-16-8-10-24-43-33)26-36(47-42)34-17-9-11-25-44-34/h3-26H,2H2,1H3. The molecule has 0 fully saturated rings. The van der Waals surface area contributed by atoms with Crippen LogP contribution in [0.4, 0.5) is 0 Å². The zero-order valence-corrected chi connectivity index (χ0v) is 26.7. The quantitative estimate of drug-likeness (QED) is 0.170. The van der Waals surface area contributed by atoms with Crippen molar-refractivity contribution in [2.75, 3.05) is 0 Å². The molecule has 5 heterocycles. The largest absolute Gasteiger partial charge is 0.296 e. The minimum Gasteiger partial charge on any atom is -0.296 e. The normalized spacial score (nSPS) is 11.4. The zero-order valence-electron chi connectivity index (χ0n) is 26.7. The van der Waals surface area contributed by atoms with Crippen LogP contribution in [0.25, 0.3) is 83.8 Å². The van der Waals surface area contributed by atoms with Crippen molar-refractivity contribution in [3.05, 3.63) is 152 Å². The van der Waals surface area contributed by atoms with Gasteiger partial charge in [0.1, 0.15) is 5.82 Å². The minimum atomic E-state index is 0.600. The summed E-state index contributed by atoms with van der Waals surface area (Å²) in [4.78, 5) is 29.6. The number of para-hydroxylation sites is 2. The number of nitrogens with zero attached hydrogens (tertiary/aromatic N) is 7. The fourth-order valence-corrected chi connectivity index (χ4v) is 6.59. The van der Waals surface area contributed by atoms with Crippen molar-refractivity contribution in [1.82, 2.24) is 34.5 Å². The maximum absolute atomic E-state index is 5.27. The van der Waals surface area contributed by atoms with E-state index >= 15 is 0 Å². The molecule has 0 spiro atoms. The topological polar surface area (TPSA) is 82.3 Å². The molecule has 0 saturated heterocycles. The van der Waals surface area contributed by atoms with Crippen molar-refractivity contribution >= 4 is 32.7 Å². The lowest BCUT2D eigenvalue weighted by Gasteiger charge is -2.13. The Morgan fingerprint density at radius 1 is 0.531 bits per heavy atom. The van der Waals surface area contributed by atoms with Gasteiger partial charge in [0.15, 0.2) is 5.82 Å². The first-order valence-electron chi connectivity index (χ1n) is 16.4. The monoisotopic (exact) mass is 631 g/mol. The molecule has 9 rings (SSSR count). The van der Waals surface area contributed by atoms with Crippen LogP contribution in [0.1, 0.15) is 12.7 Å². The summed E-state index contributed by atoms with van der Waals surface area (Å²) in [6.07, 6.45) is 4.35. The molecule has 0 aliphatic rings. The van der Waals surface area contributed by atoms with Crippen LogP contribution in [-0.4, -0.2) is 34.5 Å². The van der Waals surface area contributed by atoms with E-state index in [4.69, 9.17) is 19.9 Å². The predicted octanol–water partition coefficient (Wildman–Crippen LogP) is 9.54. The molecule has 0 atom stereocenters. The van der Waals surface area contributed by atoms with Gasteiger partial charge in [0.25, 0.3) is 0 Å². The van der Waals surface area contributed by atoms with E-state index in [-0.39, 0.29) is 0 Å². The fourth-order valence-electron chi connectivity index (χ4n) is 6.59. The van der Waals surface area contributed by atoms with Crippen LogP contribution >= 0.6 is 0 Å². The Labute approximate surface area is 282 Å². The van der Waals surface area contributed by atoms with Crippen molar-refractivity contribution in [1.29, 1.82) is 0 Å². The first kappa shape index (κ1) is 28.6. The Balaban J connectivity index is 1.23. The molecule has 0 saturated carbocycles. The molecule has 0 radical (unpaired) electrons. The SMILES string of the molecule is CCc1nc2c3c(-c4ccc(-c5nc(-c6ccccn6)cc(-c6ccccn6)n5)cc4)nc4ccccc4c3ccc2n1-c1ccccc1. The van der Waals surface area contributed by atoms with E-state index < -0.39 is 0 Å². The summed E-state index contributed by atoms with van der Waals surface area (Å²) < 4.78 is 2.27. The molecule has 232 valence electrons. The van der Waals surface area contributed by atoms with Gasteiger partial charge in [-0.15, -0.1) is 0 Å². The number of imidazole rings is 1. The average molecular weight is 632 g/mol. The third-order valence-corrected chi connectivity index (χ3v) is 8.89. The minimum absolute atomic E-state index is 0.600. The van der Waals surface area contributed by atoms with Crippen molar-refractivity contribution < 1.29 is 0 Å². The van der Waals surface area contributed by atoms with E-state index in [2.05, 4.69) is 100 Å². The Bertz CT molecular complexity index is 2560. The third-order valence-electron chi connectivity index (χ3n) is 8.89. The van der Waals surface area contributed by atoms with Gasteiger partial charge in [0, 0.05) is 46.4 Å². The van der Waals surface area contributed by atoms with E-state index in [0.717, 1.165) is 90.2 Å². The Morgan fingerprint density at radius 2 is 1.18 bits per heavy atom. The second-order valence-electron chi connectivity index (χ2n) is 11.9. The second kappa shape index (κ2) is 11.9. The number of fused-ring (bicyclic) bond motifs is 5. The Hall–Kier alpha value is -6.60. The lowest BCUT2D eigenvalue weighted by molar-refractivity contribution is 0.908. The smallest absolute Gasteiger partial charge is 0.160 e. The van der Waals surface area contributed by atoms with Crippen molar-refractivity contribution in [2.45, 2.75) is 13.3 Å². The Kier molecular flexibility index (Phi) is 6.94. The maximum Gasteiger partial charge on any atom is 0.160 e. The van der Waals surface area contributed by atoms with Gasteiger partial charge in [-0.1, -0.05) is 85.8 Å². The van der Waals surface area contributed by atoms with Crippen LogP contribution in [0, 0.1) is 0 Å². The molecular formula is C42H29N7. The van der Waals surface area contributed by atoms with E-state index in [1.165, 1.54) is 0 Å². The van der Waals surface area contributed by atoms with Crippen LogP contribution in [0.5, 0.6) is 0 Å². The van der Waals surface area contributed by atoms with E-state index in [1.807, 2.05) is 54.6 Å². The van der Waals surface area contributed by atoms with Crippen molar-refractivity contribution in [3.63, 3.8) is 0 Å². The number of aryl methyl sites for hydroxylation is 1. The summed E-state index contributed by atoms with van der Waals surface area (Å²) in [7, 11) is 0. The van der Waals surface area contributed by atoms with E-state index in [9.17, 15) is 0 Å². The molecule has 9 aromatic rings. The molecule has 0 aliphatic heterocycles. The molecule has 49 heavy (non-hydrogen) atoms. The van der Waals surface area contributed by atoms with E-state index in [1.54, 1.807) is 12.4 Å². The molecule has 0 N–H and O–H groups in total. The number of hydrogen-bond acceptors (Lipinski definition) is 6.